The maximum Gasteiger partial charge on any atom is 0.0897 e. The zero-order valence-electron chi connectivity index (χ0n) is 13.9. The second kappa shape index (κ2) is 12.5. The van der Waals surface area contributed by atoms with Gasteiger partial charge in [-0.25, -0.2) is 0 Å². The van der Waals surface area contributed by atoms with Crippen LogP contribution in [0.1, 0.15) is 27.2 Å². The van der Waals surface area contributed by atoms with Gasteiger partial charge in [-0.3, -0.25) is 0 Å². The summed E-state index contributed by atoms with van der Waals surface area (Å²) in [5.74, 6) is 0.628. The molecule has 2 N–H and O–H groups in total. The summed E-state index contributed by atoms with van der Waals surface area (Å²) in [7, 11) is 3.77. The highest BCUT2D eigenvalue weighted by Crippen LogP contribution is 2.07. The van der Waals surface area contributed by atoms with Crippen LogP contribution in [-0.4, -0.2) is 75.8 Å². The Balaban J connectivity index is 3.46. The smallest absolute Gasteiger partial charge is 0.0897 e. The molecule has 0 aliphatic rings. The second-order valence-corrected chi connectivity index (χ2v) is 5.93. The first-order valence-corrected chi connectivity index (χ1v) is 7.63. The van der Waals surface area contributed by atoms with Crippen molar-refractivity contribution < 1.29 is 14.6 Å². The molecule has 0 aromatic carbocycles. The largest absolute Gasteiger partial charge is 0.389 e. The Bertz CT molecular complexity index is 215. The number of nitrogens with one attached hydrogen (secondary N) is 1. The van der Waals surface area contributed by atoms with Gasteiger partial charge < -0.3 is 24.8 Å². The van der Waals surface area contributed by atoms with E-state index in [9.17, 15) is 5.11 Å². The number of aliphatic hydroxyl groups is 1. The molecule has 2 unspecified atom stereocenters. The maximum atomic E-state index is 9.82. The summed E-state index contributed by atoms with van der Waals surface area (Å²) in [5, 5.41) is 13.1. The zero-order valence-corrected chi connectivity index (χ0v) is 13.9. The number of hydrogen-bond donors (Lipinski definition) is 2. The van der Waals surface area contributed by atoms with Crippen LogP contribution in [0.2, 0.25) is 0 Å². The summed E-state index contributed by atoms with van der Waals surface area (Å²) < 4.78 is 10.6. The molecule has 0 radical (unpaired) electrons. The number of methoxy groups -OCH3 is 1. The van der Waals surface area contributed by atoms with E-state index in [0.717, 1.165) is 32.7 Å². The van der Waals surface area contributed by atoms with Crippen molar-refractivity contribution in [3.8, 4) is 0 Å². The standard InChI is InChI=1S/C15H34N2O3/c1-13(2)10-14(3)20-12-15(18)11-16-6-7-17(4)8-9-19-5/h13-16,18H,6-12H2,1-5H3. The maximum absolute atomic E-state index is 9.82. The van der Waals surface area contributed by atoms with Gasteiger partial charge >= 0.3 is 0 Å². The van der Waals surface area contributed by atoms with Gasteiger partial charge in [-0.05, 0) is 26.3 Å². The van der Waals surface area contributed by atoms with Crippen molar-refractivity contribution in [3.63, 3.8) is 0 Å². The summed E-state index contributed by atoms with van der Waals surface area (Å²) in [6, 6.07) is 0. The minimum absolute atomic E-state index is 0.213. The van der Waals surface area contributed by atoms with Crippen LogP contribution in [0.5, 0.6) is 0 Å². The van der Waals surface area contributed by atoms with Gasteiger partial charge in [0.25, 0.3) is 0 Å². The normalized spacial score (nSPS) is 15.0. The molecule has 122 valence electrons. The molecule has 2 atom stereocenters. The lowest BCUT2D eigenvalue weighted by molar-refractivity contribution is -0.00854. The predicted octanol–water partition coefficient (Wildman–Crippen LogP) is 0.966. The molecule has 20 heavy (non-hydrogen) atoms. The molecule has 0 aromatic rings. The fourth-order valence-corrected chi connectivity index (χ4v) is 1.96. The Morgan fingerprint density at radius 3 is 2.50 bits per heavy atom. The fourth-order valence-electron chi connectivity index (χ4n) is 1.96. The van der Waals surface area contributed by atoms with E-state index < -0.39 is 6.10 Å². The van der Waals surface area contributed by atoms with Gasteiger partial charge in [0.1, 0.15) is 0 Å². The van der Waals surface area contributed by atoms with Crippen LogP contribution in [0.4, 0.5) is 0 Å². The summed E-state index contributed by atoms with van der Waals surface area (Å²) in [6.45, 7) is 10.9. The predicted molar refractivity (Wildman–Crippen MR) is 83.1 cm³/mol. The van der Waals surface area contributed by atoms with E-state index >= 15 is 0 Å². The molecule has 0 spiro atoms. The molecule has 0 saturated heterocycles. The average Bonchev–Trinajstić information content (AvgIpc) is 2.38. The highest BCUT2D eigenvalue weighted by atomic mass is 16.5. The van der Waals surface area contributed by atoms with Crippen LogP contribution in [0.25, 0.3) is 0 Å². The van der Waals surface area contributed by atoms with Crippen molar-refractivity contribution in [2.45, 2.75) is 39.4 Å². The Hall–Kier alpha value is -0.200. The molecule has 0 amide bonds. The second-order valence-electron chi connectivity index (χ2n) is 5.93. The van der Waals surface area contributed by atoms with Crippen molar-refractivity contribution in [2.75, 3.05) is 53.6 Å². The molecule has 0 aliphatic carbocycles. The van der Waals surface area contributed by atoms with Gasteiger partial charge in [-0.15, -0.1) is 0 Å². The third-order valence-corrected chi connectivity index (χ3v) is 3.10. The van der Waals surface area contributed by atoms with E-state index in [1.54, 1.807) is 7.11 Å². The van der Waals surface area contributed by atoms with E-state index in [1.165, 1.54) is 0 Å². The van der Waals surface area contributed by atoms with Crippen LogP contribution in [0.3, 0.4) is 0 Å². The highest BCUT2D eigenvalue weighted by Gasteiger charge is 2.09. The monoisotopic (exact) mass is 290 g/mol. The van der Waals surface area contributed by atoms with Gasteiger partial charge in [0.15, 0.2) is 0 Å². The zero-order chi connectivity index (χ0) is 15.4. The topological polar surface area (TPSA) is 54.0 Å². The highest BCUT2D eigenvalue weighted by molar-refractivity contribution is 4.62. The molecule has 5 nitrogen and oxygen atoms in total. The Kier molecular flexibility index (Phi) is 12.4. The van der Waals surface area contributed by atoms with E-state index in [1.807, 2.05) is 0 Å². The third kappa shape index (κ3) is 12.8. The number of nitrogens with zero attached hydrogens (tertiary/aromatic N) is 1. The summed E-state index contributed by atoms with van der Waals surface area (Å²) >= 11 is 0. The quantitative estimate of drug-likeness (QED) is 0.495. The first-order valence-electron chi connectivity index (χ1n) is 7.63. The summed E-state index contributed by atoms with van der Waals surface area (Å²) in [6.07, 6.45) is 0.809. The summed E-state index contributed by atoms with van der Waals surface area (Å²) in [4.78, 5) is 2.20. The lowest BCUT2D eigenvalue weighted by atomic mass is 10.1. The number of rotatable bonds is 13. The van der Waals surface area contributed by atoms with Crippen LogP contribution in [0, 0.1) is 5.92 Å². The Labute approximate surface area is 124 Å². The van der Waals surface area contributed by atoms with Crippen molar-refractivity contribution in [1.82, 2.24) is 10.2 Å². The lowest BCUT2D eigenvalue weighted by Gasteiger charge is -2.19. The number of likely N-dealkylation sites (N-methyl/N-ethyl adjacent to an activating group) is 1. The molecule has 0 bridgehead atoms. The van der Waals surface area contributed by atoms with Crippen LogP contribution in [0.15, 0.2) is 0 Å². The molecule has 0 aromatic heterocycles. The lowest BCUT2D eigenvalue weighted by Crippen LogP contribution is -2.36. The summed E-state index contributed by atoms with van der Waals surface area (Å²) in [5.41, 5.74) is 0. The van der Waals surface area contributed by atoms with E-state index in [2.05, 4.69) is 38.0 Å². The van der Waals surface area contributed by atoms with Crippen LogP contribution >= 0.6 is 0 Å². The van der Waals surface area contributed by atoms with Crippen molar-refractivity contribution in [3.05, 3.63) is 0 Å². The number of aliphatic hydroxyl groups excluding tert-OH is 1. The SMILES string of the molecule is COCCN(C)CCNCC(O)COC(C)CC(C)C. The molecular weight excluding hydrogens is 256 g/mol. The van der Waals surface area contributed by atoms with E-state index in [-0.39, 0.29) is 6.10 Å². The first-order chi connectivity index (χ1) is 9.45. The van der Waals surface area contributed by atoms with Crippen LogP contribution < -0.4 is 5.32 Å². The van der Waals surface area contributed by atoms with Gasteiger partial charge in [-0.1, -0.05) is 13.8 Å². The van der Waals surface area contributed by atoms with Crippen molar-refractivity contribution in [2.24, 2.45) is 5.92 Å². The van der Waals surface area contributed by atoms with Gasteiger partial charge in [0.05, 0.1) is 25.4 Å². The average molecular weight is 290 g/mol. The molecule has 5 heteroatoms. The fraction of sp³-hybridized carbons (Fsp3) is 1.00. The molecule has 0 fully saturated rings. The minimum atomic E-state index is -0.436. The Morgan fingerprint density at radius 1 is 1.20 bits per heavy atom. The van der Waals surface area contributed by atoms with Gasteiger partial charge in [0.2, 0.25) is 0 Å². The third-order valence-electron chi connectivity index (χ3n) is 3.10. The minimum Gasteiger partial charge on any atom is -0.389 e. The van der Waals surface area contributed by atoms with E-state index in [0.29, 0.717) is 19.1 Å². The molecule has 0 rings (SSSR count). The molecular formula is C15H34N2O3. The van der Waals surface area contributed by atoms with Crippen molar-refractivity contribution >= 4 is 0 Å². The van der Waals surface area contributed by atoms with Gasteiger partial charge in [0, 0.05) is 33.3 Å². The van der Waals surface area contributed by atoms with E-state index in [4.69, 9.17) is 9.47 Å². The van der Waals surface area contributed by atoms with Gasteiger partial charge in [-0.2, -0.15) is 0 Å². The molecule has 0 aliphatic heterocycles. The van der Waals surface area contributed by atoms with Crippen LogP contribution in [-0.2, 0) is 9.47 Å². The number of hydrogen-bond acceptors (Lipinski definition) is 5. The Morgan fingerprint density at radius 2 is 1.90 bits per heavy atom. The molecule has 0 saturated carbocycles. The number of ether oxygens (including phenoxy) is 2. The molecule has 0 heterocycles. The van der Waals surface area contributed by atoms with Crippen molar-refractivity contribution in [1.29, 1.82) is 0 Å². The first kappa shape index (κ1) is 19.8.